The molecule has 2 nitrogen and oxygen atoms in total. The molecule has 0 fully saturated rings. The van der Waals surface area contributed by atoms with Crippen molar-refractivity contribution in [3.05, 3.63) is 132 Å². The normalized spacial score (nSPS) is 12.4. The summed E-state index contributed by atoms with van der Waals surface area (Å²) in [7, 11) is 0. The molecule has 0 aliphatic heterocycles. The molecular formula is C27H24N2. The maximum absolute atomic E-state index is 5.07. The lowest BCUT2D eigenvalue weighted by atomic mass is 9.95. The van der Waals surface area contributed by atoms with Crippen molar-refractivity contribution in [2.75, 3.05) is 5.32 Å². The van der Waals surface area contributed by atoms with Gasteiger partial charge in [0.05, 0.1) is 17.4 Å². The predicted molar refractivity (Wildman–Crippen MR) is 123 cm³/mol. The number of benzene rings is 4. The van der Waals surface area contributed by atoms with Gasteiger partial charge in [0.25, 0.3) is 0 Å². The van der Waals surface area contributed by atoms with Gasteiger partial charge in [0, 0.05) is 5.69 Å². The van der Waals surface area contributed by atoms with E-state index in [1.54, 1.807) is 0 Å². The van der Waals surface area contributed by atoms with Crippen LogP contribution in [0.25, 0.3) is 0 Å². The van der Waals surface area contributed by atoms with Crippen LogP contribution in [-0.4, -0.2) is 5.71 Å². The highest BCUT2D eigenvalue weighted by Crippen LogP contribution is 2.27. The van der Waals surface area contributed by atoms with Crippen LogP contribution < -0.4 is 5.32 Å². The average Bonchev–Trinajstić information content (AvgIpc) is 2.79. The van der Waals surface area contributed by atoms with Crippen LogP contribution in [0.15, 0.2) is 120 Å². The third kappa shape index (κ3) is 4.80. The predicted octanol–water partition coefficient (Wildman–Crippen LogP) is 6.97. The van der Waals surface area contributed by atoms with Crippen molar-refractivity contribution in [2.24, 2.45) is 4.99 Å². The minimum atomic E-state index is -0.0819. The molecule has 1 unspecified atom stereocenters. The number of aliphatic imine (C=N–C) groups is 1. The van der Waals surface area contributed by atoms with Gasteiger partial charge >= 0.3 is 0 Å². The zero-order valence-electron chi connectivity index (χ0n) is 16.5. The van der Waals surface area contributed by atoms with Crippen molar-refractivity contribution in [2.45, 2.75) is 13.0 Å². The summed E-state index contributed by atoms with van der Waals surface area (Å²) in [6.07, 6.45) is 0. The van der Waals surface area contributed by atoms with Crippen molar-refractivity contribution < 1.29 is 0 Å². The largest absolute Gasteiger partial charge is 0.373 e. The van der Waals surface area contributed by atoms with E-state index in [1.165, 1.54) is 11.1 Å². The molecule has 1 atom stereocenters. The van der Waals surface area contributed by atoms with Gasteiger partial charge in [-0.15, -0.1) is 0 Å². The van der Waals surface area contributed by atoms with E-state index in [-0.39, 0.29) is 6.04 Å². The van der Waals surface area contributed by atoms with Gasteiger partial charge in [0.1, 0.15) is 0 Å². The zero-order chi connectivity index (χ0) is 19.9. The van der Waals surface area contributed by atoms with E-state index in [0.29, 0.717) is 0 Å². The fourth-order valence-corrected chi connectivity index (χ4v) is 3.32. The molecule has 0 aliphatic rings. The summed E-state index contributed by atoms with van der Waals surface area (Å²) in [6, 6.07) is 39.4. The Morgan fingerprint density at radius 2 is 1.21 bits per heavy atom. The maximum atomic E-state index is 5.07. The maximum Gasteiger partial charge on any atom is 0.0946 e. The molecule has 0 radical (unpaired) electrons. The minimum absolute atomic E-state index is 0.0819. The van der Waals surface area contributed by atoms with Crippen molar-refractivity contribution in [1.82, 2.24) is 0 Å². The van der Waals surface area contributed by atoms with E-state index >= 15 is 0 Å². The van der Waals surface area contributed by atoms with Gasteiger partial charge in [-0.2, -0.15) is 0 Å². The number of hydrogen-bond acceptors (Lipinski definition) is 2. The van der Waals surface area contributed by atoms with Crippen molar-refractivity contribution in [1.29, 1.82) is 0 Å². The van der Waals surface area contributed by atoms with Gasteiger partial charge in [0.15, 0.2) is 0 Å². The second-order valence-corrected chi connectivity index (χ2v) is 7.05. The molecule has 0 saturated heterocycles. The molecule has 4 rings (SSSR count). The fraction of sp³-hybridized carbons (Fsp3) is 0.0741. The molecule has 142 valence electrons. The first-order chi connectivity index (χ1) is 14.3. The third-order valence-corrected chi connectivity index (χ3v) is 4.84. The van der Waals surface area contributed by atoms with Gasteiger partial charge in [-0.25, -0.2) is 0 Å². The molecule has 4 aromatic rings. The Bertz CT molecular complexity index is 1050. The lowest BCUT2D eigenvalue weighted by Crippen LogP contribution is -2.22. The van der Waals surface area contributed by atoms with Gasteiger partial charge in [0.2, 0.25) is 0 Å². The van der Waals surface area contributed by atoms with Gasteiger partial charge < -0.3 is 5.32 Å². The molecular weight excluding hydrogens is 352 g/mol. The average molecular weight is 377 g/mol. The van der Waals surface area contributed by atoms with Crippen LogP contribution in [0.5, 0.6) is 0 Å². The summed E-state index contributed by atoms with van der Waals surface area (Å²) in [4.78, 5) is 5.07. The Hall–Kier alpha value is -3.65. The second-order valence-electron chi connectivity index (χ2n) is 7.05. The summed E-state index contributed by atoms with van der Waals surface area (Å²) >= 11 is 0. The molecule has 0 heterocycles. The lowest BCUT2D eigenvalue weighted by molar-refractivity contribution is 1.03. The van der Waals surface area contributed by atoms with E-state index in [1.807, 2.05) is 42.5 Å². The van der Waals surface area contributed by atoms with E-state index in [0.717, 1.165) is 22.6 Å². The summed E-state index contributed by atoms with van der Waals surface area (Å²) in [5, 5.41) is 3.71. The summed E-state index contributed by atoms with van der Waals surface area (Å²) < 4.78 is 0. The Labute approximate surface area is 172 Å². The SMILES string of the molecule is Cc1ccc(NC(C(=Nc2ccccc2)c2ccccc2)c2ccccc2)cc1. The van der Waals surface area contributed by atoms with Gasteiger partial charge in [-0.3, -0.25) is 4.99 Å². The van der Waals surface area contributed by atoms with Crippen LogP contribution >= 0.6 is 0 Å². The topological polar surface area (TPSA) is 24.4 Å². The highest BCUT2D eigenvalue weighted by atomic mass is 15.0. The minimum Gasteiger partial charge on any atom is -0.373 e. The molecule has 2 heteroatoms. The molecule has 0 spiro atoms. The Kier molecular flexibility index (Phi) is 5.82. The number of anilines is 1. The highest BCUT2D eigenvalue weighted by molar-refractivity contribution is 6.07. The van der Waals surface area contributed by atoms with E-state index in [4.69, 9.17) is 4.99 Å². The fourth-order valence-electron chi connectivity index (χ4n) is 3.32. The van der Waals surface area contributed by atoms with Gasteiger partial charge in [-0.05, 0) is 42.3 Å². The number of hydrogen-bond donors (Lipinski definition) is 1. The van der Waals surface area contributed by atoms with Crippen LogP contribution in [0, 0.1) is 6.92 Å². The second kappa shape index (κ2) is 9.03. The molecule has 0 amide bonds. The Morgan fingerprint density at radius 3 is 1.83 bits per heavy atom. The summed E-state index contributed by atoms with van der Waals surface area (Å²) in [5.41, 5.74) is 6.52. The summed E-state index contributed by atoms with van der Waals surface area (Å²) in [5.74, 6) is 0. The first kappa shape index (κ1) is 18.7. The monoisotopic (exact) mass is 376 g/mol. The molecule has 0 aliphatic carbocycles. The number of nitrogens with zero attached hydrogens (tertiary/aromatic N) is 1. The Balaban J connectivity index is 1.83. The zero-order valence-corrected chi connectivity index (χ0v) is 16.5. The molecule has 0 bridgehead atoms. The van der Waals surface area contributed by atoms with E-state index < -0.39 is 0 Å². The smallest absolute Gasteiger partial charge is 0.0946 e. The molecule has 1 N–H and O–H groups in total. The highest BCUT2D eigenvalue weighted by Gasteiger charge is 2.20. The number of aryl methyl sites for hydroxylation is 1. The number of para-hydroxylation sites is 1. The standard InChI is InChI=1S/C27H24N2/c1-21-17-19-25(20-18-21)29-27(23-13-7-3-8-14-23)26(22-11-5-2-6-12-22)28-24-15-9-4-10-16-24/h2-20,27,29H,1H3. The van der Waals surface area contributed by atoms with E-state index in [9.17, 15) is 0 Å². The number of nitrogens with one attached hydrogen (secondary N) is 1. The van der Waals surface area contributed by atoms with Crippen LogP contribution in [-0.2, 0) is 0 Å². The first-order valence-electron chi connectivity index (χ1n) is 9.87. The van der Waals surface area contributed by atoms with Crippen molar-refractivity contribution in [3.8, 4) is 0 Å². The number of rotatable bonds is 6. The molecule has 4 aromatic carbocycles. The molecule has 29 heavy (non-hydrogen) atoms. The van der Waals surface area contributed by atoms with Crippen LogP contribution in [0.4, 0.5) is 11.4 Å². The third-order valence-electron chi connectivity index (χ3n) is 4.84. The van der Waals surface area contributed by atoms with Gasteiger partial charge in [-0.1, -0.05) is 96.6 Å². The molecule has 0 aromatic heterocycles. The van der Waals surface area contributed by atoms with Crippen molar-refractivity contribution >= 4 is 17.1 Å². The Morgan fingerprint density at radius 1 is 0.655 bits per heavy atom. The van der Waals surface area contributed by atoms with Crippen LogP contribution in [0.3, 0.4) is 0 Å². The van der Waals surface area contributed by atoms with E-state index in [2.05, 4.69) is 85.0 Å². The molecule has 0 saturated carbocycles. The van der Waals surface area contributed by atoms with Crippen molar-refractivity contribution in [3.63, 3.8) is 0 Å². The van der Waals surface area contributed by atoms with Crippen LogP contribution in [0.1, 0.15) is 22.7 Å². The quantitative estimate of drug-likeness (QED) is 0.361. The first-order valence-corrected chi connectivity index (χ1v) is 9.87. The lowest BCUT2D eigenvalue weighted by Gasteiger charge is -2.23. The van der Waals surface area contributed by atoms with Crippen LogP contribution in [0.2, 0.25) is 0 Å². The summed E-state index contributed by atoms with van der Waals surface area (Å²) in [6.45, 7) is 2.10.